The van der Waals surface area contributed by atoms with Gasteiger partial charge in [0, 0.05) is 11.6 Å². The van der Waals surface area contributed by atoms with Crippen LogP contribution in [0.2, 0.25) is 0 Å². The van der Waals surface area contributed by atoms with E-state index in [1.54, 1.807) is 6.07 Å². The summed E-state index contributed by atoms with van der Waals surface area (Å²) in [6.07, 6.45) is 3.98. The Morgan fingerprint density at radius 3 is 2.76 bits per heavy atom. The zero-order valence-corrected chi connectivity index (χ0v) is 13.3. The van der Waals surface area contributed by atoms with Crippen molar-refractivity contribution in [2.24, 2.45) is 5.92 Å². The predicted octanol–water partition coefficient (Wildman–Crippen LogP) is 2.04. The average Bonchev–Trinajstić information content (AvgIpc) is 2.46. The molecule has 2 atom stereocenters. The first-order valence-corrected chi connectivity index (χ1v) is 8.74. The lowest BCUT2D eigenvalue weighted by molar-refractivity contribution is 0.273. The van der Waals surface area contributed by atoms with Gasteiger partial charge in [-0.05, 0) is 37.0 Å². The highest BCUT2D eigenvalue weighted by Gasteiger charge is 2.25. The number of sulfonamides is 1. The van der Waals surface area contributed by atoms with Gasteiger partial charge in [0.1, 0.15) is 5.75 Å². The van der Waals surface area contributed by atoms with Crippen molar-refractivity contribution in [2.75, 3.05) is 7.11 Å². The molecule has 6 heteroatoms. The SMILES string of the molecule is COc1ccc(S(=O)(=O)NC2CCCC(C)C2)cc1CO. The Bertz CT molecular complexity index is 585. The fraction of sp³-hybridized carbons (Fsp3) is 0.600. The molecule has 0 radical (unpaired) electrons. The van der Waals surface area contributed by atoms with Crippen LogP contribution >= 0.6 is 0 Å². The third-order valence-corrected chi connectivity index (χ3v) is 5.51. The second-order valence-corrected chi connectivity index (χ2v) is 7.44. The Labute approximate surface area is 126 Å². The van der Waals surface area contributed by atoms with Gasteiger partial charge in [-0.1, -0.05) is 19.8 Å². The van der Waals surface area contributed by atoms with E-state index in [0.29, 0.717) is 17.2 Å². The number of nitrogens with one attached hydrogen (secondary N) is 1. The maximum Gasteiger partial charge on any atom is 0.240 e. The molecule has 118 valence electrons. The second kappa shape index (κ2) is 6.77. The minimum absolute atomic E-state index is 0.00146. The van der Waals surface area contributed by atoms with Gasteiger partial charge in [-0.3, -0.25) is 0 Å². The first kappa shape index (κ1) is 16.3. The van der Waals surface area contributed by atoms with Gasteiger partial charge in [-0.25, -0.2) is 13.1 Å². The maximum atomic E-state index is 12.4. The summed E-state index contributed by atoms with van der Waals surface area (Å²) in [5.74, 6) is 1.04. The molecule has 0 saturated heterocycles. The Hall–Kier alpha value is -1.11. The molecule has 0 spiro atoms. The molecule has 2 unspecified atom stereocenters. The van der Waals surface area contributed by atoms with Gasteiger partial charge in [-0.2, -0.15) is 0 Å². The number of rotatable bonds is 5. The Morgan fingerprint density at radius 2 is 2.14 bits per heavy atom. The minimum Gasteiger partial charge on any atom is -0.496 e. The van der Waals surface area contributed by atoms with Crippen molar-refractivity contribution in [3.8, 4) is 5.75 Å². The normalized spacial score (nSPS) is 23.0. The zero-order valence-electron chi connectivity index (χ0n) is 12.5. The summed E-state index contributed by atoms with van der Waals surface area (Å²) in [6.45, 7) is 1.89. The number of aliphatic hydroxyl groups is 1. The molecule has 0 aromatic heterocycles. The maximum absolute atomic E-state index is 12.4. The molecular formula is C15H23NO4S. The molecule has 1 aliphatic rings. The molecule has 0 bridgehead atoms. The van der Waals surface area contributed by atoms with Gasteiger partial charge in [0.15, 0.2) is 0 Å². The monoisotopic (exact) mass is 313 g/mol. The highest BCUT2D eigenvalue weighted by molar-refractivity contribution is 7.89. The van der Waals surface area contributed by atoms with E-state index in [1.165, 1.54) is 19.2 Å². The van der Waals surface area contributed by atoms with E-state index < -0.39 is 10.0 Å². The summed E-state index contributed by atoms with van der Waals surface area (Å²) in [4.78, 5) is 0.172. The topological polar surface area (TPSA) is 75.6 Å². The van der Waals surface area contributed by atoms with Crippen LogP contribution in [0.4, 0.5) is 0 Å². The van der Waals surface area contributed by atoms with Gasteiger partial charge < -0.3 is 9.84 Å². The first-order valence-electron chi connectivity index (χ1n) is 7.26. The first-order chi connectivity index (χ1) is 9.96. The molecule has 21 heavy (non-hydrogen) atoms. The highest BCUT2D eigenvalue weighted by atomic mass is 32.2. The molecule has 1 aromatic rings. The summed E-state index contributed by atoms with van der Waals surface area (Å²) in [6, 6.07) is 4.54. The molecule has 0 aliphatic heterocycles. The van der Waals surface area contributed by atoms with E-state index in [9.17, 15) is 13.5 Å². The Kier molecular flexibility index (Phi) is 5.24. The summed E-state index contributed by atoms with van der Waals surface area (Å²) < 4.78 is 32.8. The molecule has 2 rings (SSSR count). The van der Waals surface area contributed by atoms with E-state index >= 15 is 0 Å². The molecule has 0 heterocycles. The quantitative estimate of drug-likeness (QED) is 0.872. The van der Waals surface area contributed by atoms with Crippen molar-refractivity contribution < 1.29 is 18.3 Å². The number of methoxy groups -OCH3 is 1. The fourth-order valence-electron chi connectivity index (χ4n) is 2.87. The summed E-state index contributed by atoms with van der Waals surface area (Å²) in [5, 5.41) is 9.30. The van der Waals surface area contributed by atoms with Gasteiger partial charge in [0.2, 0.25) is 10.0 Å². The summed E-state index contributed by atoms with van der Waals surface area (Å²) >= 11 is 0. The van der Waals surface area contributed by atoms with Gasteiger partial charge in [0.05, 0.1) is 18.6 Å². The average molecular weight is 313 g/mol. The van der Waals surface area contributed by atoms with Crippen LogP contribution in [0.15, 0.2) is 23.1 Å². The van der Waals surface area contributed by atoms with Crippen molar-refractivity contribution in [2.45, 2.75) is 50.2 Å². The zero-order chi connectivity index (χ0) is 15.5. The highest BCUT2D eigenvalue weighted by Crippen LogP contribution is 2.26. The van der Waals surface area contributed by atoms with Gasteiger partial charge in [0.25, 0.3) is 0 Å². The van der Waals surface area contributed by atoms with Crippen LogP contribution in [0.25, 0.3) is 0 Å². The van der Waals surface area contributed by atoms with Crippen LogP contribution in [0, 0.1) is 5.92 Å². The van der Waals surface area contributed by atoms with Crippen molar-refractivity contribution in [1.29, 1.82) is 0 Å². The fourth-order valence-corrected chi connectivity index (χ4v) is 4.21. The Morgan fingerprint density at radius 1 is 1.38 bits per heavy atom. The lowest BCUT2D eigenvalue weighted by atomic mass is 9.88. The number of hydrogen-bond donors (Lipinski definition) is 2. The van der Waals surface area contributed by atoms with E-state index in [2.05, 4.69) is 11.6 Å². The van der Waals surface area contributed by atoms with Crippen LogP contribution in [-0.2, 0) is 16.6 Å². The van der Waals surface area contributed by atoms with Gasteiger partial charge >= 0.3 is 0 Å². The molecule has 1 saturated carbocycles. The van der Waals surface area contributed by atoms with E-state index in [0.717, 1.165) is 25.7 Å². The Balaban J connectivity index is 2.19. The lowest BCUT2D eigenvalue weighted by Gasteiger charge is -2.27. The van der Waals surface area contributed by atoms with E-state index in [1.807, 2.05) is 0 Å². The molecule has 5 nitrogen and oxygen atoms in total. The number of benzene rings is 1. The summed E-state index contributed by atoms with van der Waals surface area (Å²) in [7, 11) is -2.07. The van der Waals surface area contributed by atoms with Crippen molar-refractivity contribution in [3.63, 3.8) is 0 Å². The van der Waals surface area contributed by atoms with E-state index in [-0.39, 0.29) is 17.5 Å². The number of aliphatic hydroxyl groups excluding tert-OH is 1. The third-order valence-electron chi connectivity index (χ3n) is 3.99. The lowest BCUT2D eigenvalue weighted by Crippen LogP contribution is -2.37. The molecular weight excluding hydrogens is 290 g/mol. The molecule has 1 fully saturated rings. The number of ether oxygens (including phenoxy) is 1. The van der Waals surface area contributed by atoms with Crippen LogP contribution < -0.4 is 9.46 Å². The number of hydrogen-bond acceptors (Lipinski definition) is 4. The van der Waals surface area contributed by atoms with Gasteiger partial charge in [-0.15, -0.1) is 0 Å². The molecule has 2 N–H and O–H groups in total. The smallest absolute Gasteiger partial charge is 0.240 e. The molecule has 1 aromatic carbocycles. The van der Waals surface area contributed by atoms with Crippen LogP contribution in [-0.4, -0.2) is 26.7 Å². The minimum atomic E-state index is -3.56. The standard InChI is InChI=1S/C15H23NO4S/c1-11-4-3-5-13(8-11)16-21(18,19)14-6-7-15(20-2)12(9-14)10-17/h6-7,9,11,13,16-17H,3-5,8,10H2,1-2H3. The van der Waals surface area contributed by atoms with Crippen molar-refractivity contribution in [3.05, 3.63) is 23.8 Å². The summed E-state index contributed by atoms with van der Waals surface area (Å²) in [5.41, 5.74) is 0.470. The van der Waals surface area contributed by atoms with E-state index in [4.69, 9.17) is 4.74 Å². The second-order valence-electron chi connectivity index (χ2n) is 5.72. The third kappa shape index (κ3) is 3.96. The van der Waals surface area contributed by atoms with Crippen LogP contribution in [0.1, 0.15) is 38.2 Å². The van der Waals surface area contributed by atoms with Crippen LogP contribution in [0.3, 0.4) is 0 Å². The van der Waals surface area contributed by atoms with Crippen LogP contribution in [0.5, 0.6) is 5.75 Å². The molecule has 0 amide bonds. The van der Waals surface area contributed by atoms with Crippen molar-refractivity contribution in [1.82, 2.24) is 4.72 Å². The predicted molar refractivity (Wildman–Crippen MR) is 80.7 cm³/mol. The van der Waals surface area contributed by atoms with Crippen molar-refractivity contribution >= 4 is 10.0 Å². The molecule has 1 aliphatic carbocycles. The largest absolute Gasteiger partial charge is 0.496 e.